The van der Waals surface area contributed by atoms with Gasteiger partial charge in [-0.15, -0.1) is 0 Å². The Bertz CT molecular complexity index is 1040. The monoisotopic (exact) mass is 351 g/mol. The molecule has 26 heavy (non-hydrogen) atoms. The van der Waals surface area contributed by atoms with Gasteiger partial charge in [0.15, 0.2) is 0 Å². The molecule has 0 aliphatic heterocycles. The van der Waals surface area contributed by atoms with Crippen LogP contribution in [-0.4, -0.2) is 21.5 Å². The third-order valence-electron chi connectivity index (χ3n) is 3.79. The van der Waals surface area contributed by atoms with E-state index in [2.05, 4.69) is 15.6 Å². The van der Waals surface area contributed by atoms with Crippen LogP contribution in [0.1, 0.15) is 5.82 Å². The van der Waals surface area contributed by atoms with E-state index in [1.807, 2.05) is 6.07 Å². The summed E-state index contributed by atoms with van der Waals surface area (Å²) in [5.74, 6) is 0.104. The van der Waals surface area contributed by atoms with Crippen molar-refractivity contribution in [3.05, 3.63) is 64.7 Å². The van der Waals surface area contributed by atoms with Crippen LogP contribution in [0.2, 0.25) is 0 Å². The largest absolute Gasteiger partial charge is 0.351 e. The van der Waals surface area contributed by atoms with Crippen LogP contribution in [0.4, 0.5) is 16.2 Å². The summed E-state index contributed by atoms with van der Waals surface area (Å²) >= 11 is 0. The molecule has 3 amide bonds. The zero-order chi connectivity index (χ0) is 18.7. The predicted molar refractivity (Wildman–Crippen MR) is 99.0 cm³/mol. The predicted octanol–water partition coefficient (Wildman–Crippen LogP) is 1.83. The van der Waals surface area contributed by atoms with Gasteiger partial charge in [0.2, 0.25) is 5.91 Å². The van der Waals surface area contributed by atoms with Crippen LogP contribution in [0, 0.1) is 6.92 Å². The van der Waals surface area contributed by atoms with Gasteiger partial charge in [-0.25, -0.2) is 9.78 Å². The summed E-state index contributed by atoms with van der Waals surface area (Å²) < 4.78 is 1.33. The molecule has 4 N–H and O–H groups in total. The van der Waals surface area contributed by atoms with Crippen LogP contribution >= 0.6 is 0 Å². The highest BCUT2D eigenvalue weighted by Gasteiger charge is 2.11. The van der Waals surface area contributed by atoms with E-state index in [-0.39, 0.29) is 18.0 Å². The van der Waals surface area contributed by atoms with Crippen molar-refractivity contribution in [2.45, 2.75) is 13.5 Å². The Morgan fingerprint density at radius 2 is 1.65 bits per heavy atom. The van der Waals surface area contributed by atoms with E-state index in [1.165, 1.54) is 4.57 Å². The third-order valence-corrected chi connectivity index (χ3v) is 3.79. The first-order chi connectivity index (χ1) is 12.4. The molecule has 0 unspecified atom stereocenters. The van der Waals surface area contributed by atoms with Crippen LogP contribution in [0.15, 0.2) is 53.3 Å². The van der Waals surface area contributed by atoms with E-state index in [0.29, 0.717) is 28.1 Å². The lowest BCUT2D eigenvalue weighted by Gasteiger charge is -2.11. The number of hydrogen-bond acceptors (Lipinski definition) is 4. The number of urea groups is 1. The highest BCUT2D eigenvalue weighted by Crippen LogP contribution is 2.13. The SMILES string of the molecule is Cc1nc2ccccc2c(=O)n1CC(=O)Nc1ccc(NC(N)=O)cc1. The fraction of sp³-hybridized carbons (Fsp3) is 0.111. The molecule has 0 aliphatic carbocycles. The maximum atomic E-state index is 12.6. The molecule has 0 atom stereocenters. The topological polar surface area (TPSA) is 119 Å². The molecule has 0 saturated carbocycles. The molecule has 0 radical (unpaired) electrons. The number of nitrogens with one attached hydrogen (secondary N) is 2. The number of benzene rings is 2. The number of anilines is 2. The molecule has 0 bridgehead atoms. The van der Waals surface area contributed by atoms with Crippen molar-refractivity contribution < 1.29 is 9.59 Å². The number of nitrogens with zero attached hydrogens (tertiary/aromatic N) is 2. The molecular formula is C18H17N5O3. The van der Waals surface area contributed by atoms with Crippen LogP contribution in [0.3, 0.4) is 0 Å². The lowest BCUT2D eigenvalue weighted by atomic mass is 10.2. The number of fused-ring (bicyclic) bond motifs is 1. The first kappa shape index (κ1) is 17.2. The number of carbonyl (C=O) groups is 2. The van der Waals surface area contributed by atoms with Crippen molar-refractivity contribution in [3.63, 3.8) is 0 Å². The number of nitrogens with two attached hydrogens (primary N) is 1. The van der Waals surface area contributed by atoms with Gasteiger partial charge in [0.05, 0.1) is 10.9 Å². The Morgan fingerprint density at radius 3 is 2.31 bits per heavy atom. The molecule has 8 heteroatoms. The molecule has 8 nitrogen and oxygen atoms in total. The molecule has 1 heterocycles. The highest BCUT2D eigenvalue weighted by molar-refractivity contribution is 5.92. The number of aryl methyl sites for hydroxylation is 1. The van der Waals surface area contributed by atoms with Gasteiger partial charge in [-0.05, 0) is 43.3 Å². The van der Waals surface area contributed by atoms with E-state index in [0.717, 1.165) is 0 Å². The summed E-state index contributed by atoms with van der Waals surface area (Å²) in [6.07, 6.45) is 0. The average molecular weight is 351 g/mol. The van der Waals surface area contributed by atoms with Crippen molar-refractivity contribution in [2.24, 2.45) is 5.73 Å². The quantitative estimate of drug-likeness (QED) is 0.664. The Morgan fingerprint density at radius 1 is 1.04 bits per heavy atom. The molecule has 132 valence electrons. The zero-order valence-corrected chi connectivity index (χ0v) is 14.0. The van der Waals surface area contributed by atoms with Crippen LogP contribution in [0.25, 0.3) is 10.9 Å². The maximum Gasteiger partial charge on any atom is 0.316 e. The fourth-order valence-corrected chi connectivity index (χ4v) is 2.59. The smallest absolute Gasteiger partial charge is 0.316 e. The Labute approximate surface area is 148 Å². The van der Waals surface area contributed by atoms with E-state index in [1.54, 1.807) is 49.4 Å². The van der Waals surface area contributed by atoms with Crippen LogP contribution in [-0.2, 0) is 11.3 Å². The molecule has 2 aromatic carbocycles. The number of carbonyl (C=O) groups excluding carboxylic acids is 2. The van der Waals surface area contributed by atoms with Crippen molar-refractivity contribution in [1.82, 2.24) is 9.55 Å². The summed E-state index contributed by atoms with van der Waals surface area (Å²) in [6.45, 7) is 1.54. The van der Waals surface area contributed by atoms with Crippen molar-refractivity contribution in [3.8, 4) is 0 Å². The average Bonchev–Trinajstić information content (AvgIpc) is 2.60. The van der Waals surface area contributed by atoms with E-state index in [4.69, 9.17) is 5.73 Å². The second kappa shape index (κ2) is 7.06. The number of aromatic nitrogens is 2. The number of hydrogen-bond donors (Lipinski definition) is 3. The summed E-state index contributed by atoms with van der Waals surface area (Å²) in [6, 6.07) is 12.8. The second-order valence-corrected chi connectivity index (χ2v) is 5.68. The van der Waals surface area contributed by atoms with Gasteiger partial charge in [-0.3, -0.25) is 14.2 Å². The molecule has 3 aromatic rings. The Balaban J connectivity index is 1.77. The third kappa shape index (κ3) is 3.69. The van der Waals surface area contributed by atoms with Gasteiger partial charge in [-0.1, -0.05) is 12.1 Å². The standard InChI is InChI=1S/C18H17N5O3/c1-11-20-15-5-3-2-4-14(15)17(25)23(11)10-16(24)21-12-6-8-13(9-7-12)22-18(19)26/h2-9H,10H2,1H3,(H,21,24)(H3,19,22,26). The van der Waals surface area contributed by atoms with Gasteiger partial charge >= 0.3 is 6.03 Å². The molecule has 0 saturated heterocycles. The first-order valence-corrected chi connectivity index (χ1v) is 7.86. The lowest BCUT2D eigenvalue weighted by Crippen LogP contribution is -2.30. The molecule has 1 aromatic heterocycles. The summed E-state index contributed by atoms with van der Waals surface area (Å²) in [5, 5.41) is 5.60. The minimum atomic E-state index is -0.666. The van der Waals surface area contributed by atoms with Crippen molar-refractivity contribution in [1.29, 1.82) is 0 Å². The van der Waals surface area contributed by atoms with Crippen LogP contribution in [0.5, 0.6) is 0 Å². The molecular weight excluding hydrogens is 334 g/mol. The normalized spacial score (nSPS) is 10.5. The highest BCUT2D eigenvalue weighted by atomic mass is 16.2. The molecule has 3 rings (SSSR count). The Hall–Kier alpha value is -3.68. The Kier molecular flexibility index (Phi) is 4.66. The van der Waals surface area contributed by atoms with E-state index >= 15 is 0 Å². The number of para-hydroxylation sites is 1. The first-order valence-electron chi connectivity index (χ1n) is 7.86. The van der Waals surface area contributed by atoms with Crippen molar-refractivity contribution >= 4 is 34.2 Å². The second-order valence-electron chi connectivity index (χ2n) is 5.68. The summed E-state index contributed by atoms with van der Waals surface area (Å²) in [5.41, 5.74) is 6.43. The van der Waals surface area contributed by atoms with Crippen LogP contribution < -0.4 is 21.9 Å². The van der Waals surface area contributed by atoms with Gasteiger partial charge in [0, 0.05) is 11.4 Å². The van der Waals surface area contributed by atoms with E-state index in [9.17, 15) is 14.4 Å². The number of rotatable bonds is 4. The number of primary amides is 1. The van der Waals surface area contributed by atoms with Gasteiger partial charge < -0.3 is 16.4 Å². The van der Waals surface area contributed by atoms with E-state index < -0.39 is 6.03 Å². The van der Waals surface area contributed by atoms with Crippen molar-refractivity contribution in [2.75, 3.05) is 10.6 Å². The minimum Gasteiger partial charge on any atom is -0.351 e. The summed E-state index contributed by atoms with van der Waals surface area (Å²) in [4.78, 5) is 40.0. The number of amides is 3. The van der Waals surface area contributed by atoms with Gasteiger partial charge in [0.1, 0.15) is 12.4 Å². The molecule has 0 fully saturated rings. The zero-order valence-electron chi connectivity index (χ0n) is 14.0. The molecule has 0 aliphatic rings. The molecule has 0 spiro atoms. The van der Waals surface area contributed by atoms with Gasteiger partial charge in [-0.2, -0.15) is 0 Å². The maximum absolute atomic E-state index is 12.6. The lowest BCUT2D eigenvalue weighted by molar-refractivity contribution is -0.116. The fourth-order valence-electron chi connectivity index (χ4n) is 2.59. The van der Waals surface area contributed by atoms with Gasteiger partial charge in [0.25, 0.3) is 5.56 Å². The summed E-state index contributed by atoms with van der Waals surface area (Å²) in [7, 11) is 0. The minimum absolute atomic E-state index is 0.149.